The van der Waals surface area contributed by atoms with Crippen LogP contribution in [-0.2, 0) is 26.2 Å². The second-order valence-corrected chi connectivity index (χ2v) is 10.3. The van der Waals surface area contributed by atoms with Gasteiger partial charge in [0.15, 0.2) is 0 Å². The summed E-state index contributed by atoms with van der Waals surface area (Å²) in [5.41, 5.74) is 0.287. The molecule has 0 fully saturated rings. The summed E-state index contributed by atoms with van der Waals surface area (Å²) < 4.78 is 40.2. The van der Waals surface area contributed by atoms with Crippen LogP contribution < -0.4 is 9.62 Å². The van der Waals surface area contributed by atoms with Crippen LogP contribution in [0.4, 0.5) is 10.1 Å². The number of halogens is 3. The van der Waals surface area contributed by atoms with E-state index < -0.39 is 40.2 Å². The first kappa shape index (κ1) is 26.9. The number of amides is 2. The highest BCUT2D eigenvalue weighted by atomic mass is 35.5. The van der Waals surface area contributed by atoms with Crippen LogP contribution in [0.5, 0.6) is 0 Å². The van der Waals surface area contributed by atoms with Crippen LogP contribution in [0, 0.1) is 5.82 Å². The lowest BCUT2D eigenvalue weighted by Gasteiger charge is -2.31. The number of sulfonamides is 1. The maximum Gasteiger partial charge on any atom is 0.244 e. The lowest BCUT2D eigenvalue weighted by atomic mass is 10.1. The van der Waals surface area contributed by atoms with E-state index >= 15 is 0 Å². The van der Waals surface area contributed by atoms with Gasteiger partial charge < -0.3 is 10.2 Å². The third-order valence-corrected chi connectivity index (χ3v) is 6.41. The van der Waals surface area contributed by atoms with Gasteiger partial charge in [0.05, 0.1) is 11.9 Å². The van der Waals surface area contributed by atoms with E-state index in [4.69, 9.17) is 23.2 Å². The average Bonchev–Trinajstić information content (AvgIpc) is 2.73. The molecule has 7 nitrogen and oxygen atoms in total. The quantitative estimate of drug-likeness (QED) is 0.518. The van der Waals surface area contributed by atoms with E-state index in [9.17, 15) is 22.4 Å². The van der Waals surface area contributed by atoms with Crippen molar-refractivity contribution in [2.75, 3.05) is 23.7 Å². The minimum atomic E-state index is -3.93. The Morgan fingerprint density at radius 3 is 2.27 bits per heavy atom. The van der Waals surface area contributed by atoms with Gasteiger partial charge >= 0.3 is 0 Å². The van der Waals surface area contributed by atoms with E-state index in [0.717, 1.165) is 15.5 Å². The van der Waals surface area contributed by atoms with Gasteiger partial charge in [-0.2, -0.15) is 0 Å². The molecular formula is C22H26Cl2FN3O4S. The van der Waals surface area contributed by atoms with Gasteiger partial charge in [0, 0.05) is 28.7 Å². The third kappa shape index (κ3) is 7.58. The standard InChI is InChI=1S/C22H26Cl2FN3O4S/c1-4-9-26-22(30)15(2)27(13-16-7-5-6-8-20(16)25)21(29)14-28(33(3,31)32)19-11-17(23)10-18(24)12-19/h5-8,10-12,15H,4,9,13-14H2,1-3H3,(H,26,30). The Bertz CT molecular complexity index is 1090. The number of carbonyl (C=O) groups is 2. The monoisotopic (exact) mass is 517 g/mol. The normalized spacial score (nSPS) is 12.2. The van der Waals surface area contributed by atoms with Gasteiger partial charge in [-0.1, -0.05) is 48.3 Å². The van der Waals surface area contributed by atoms with E-state index in [1.807, 2.05) is 6.92 Å². The zero-order valence-electron chi connectivity index (χ0n) is 18.5. The number of rotatable bonds is 10. The molecule has 0 bridgehead atoms. The predicted octanol–water partition coefficient (Wildman–Crippen LogP) is 3.84. The highest BCUT2D eigenvalue weighted by molar-refractivity contribution is 7.92. The van der Waals surface area contributed by atoms with Gasteiger partial charge in [-0.25, -0.2) is 12.8 Å². The molecule has 0 radical (unpaired) electrons. The number of nitrogens with one attached hydrogen (secondary N) is 1. The molecule has 2 aromatic carbocycles. The lowest BCUT2D eigenvalue weighted by molar-refractivity contribution is -0.139. The smallest absolute Gasteiger partial charge is 0.244 e. The van der Waals surface area contributed by atoms with Crippen molar-refractivity contribution in [1.29, 1.82) is 0 Å². The number of anilines is 1. The molecule has 2 aromatic rings. The number of nitrogens with zero attached hydrogens (tertiary/aromatic N) is 2. The van der Waals surface area contributed by atoms with E-state index in [2.05, 4.69) is 5.32 Å². The molecule has 0 saturated carbocycles. The Morgan fingerprint density at radius 1 is 1.12 bits per heavy atom. The fourth-order valence-electron chi connectivity index (χ4n) is 3.09. The van der Waals surface area contributed by atoms with Gasteiger partial charge in [0.2, 0.25) is 21.8 Å². The summed E-state index contributed by atoms with van der Waals surface area (Å²) in [6.07, 6.45) is 1.63. The maximum atomic E-state index is 14.3. The van der Waals surface area contributed by atoms with Crippen LogP contribution in [0.25, 0.3) is 0 Å². The Labute approximate surface area is 203 Å². The Morgan fingerprint density at radius 2 is 1.73 bits per heavy atom. The van der Waals surface area contributed by atoms with Crippen LogP contribution >= 0.6 is 23.2 Å². The van der Waals surface area contributed by atoms with Crippen LogP contribution in [0.3, 0.4) is 0 Å². The van der Waals surface area contributed by atoms with Crippen molar-refractivity contribution in [1.82, 2.24) is 10.2 Å². The molecule has 0 aliphatic rings. The molecule has 1 atom stereocenters. The second kappa shape index (κ2) is 11.7. The third-order valence-electron chi connectivity index (χ3n) is 4.83. The summed E-state index contributed by atoms with van der Waals surface area (Å²) in [4.78, 5) is 27.1. The van der Waals surface area contributed by atoms with Crippen molar-refractivity contribution in [3.63, 3.8) is 0 Å². The van der Waals surface area contributed by atoms with Crippen LogP contribution in [0.2, 0.25) is 10.0 Å². The fraction of sp³-hybridized carbons (Fsp3) is 0.364. The van der Waals surface area contributed by atoms with Crippen LogP contribution in [0.15, 0.2) is 42.5 Å². The largest absolute Gasteiger partial charge is 0.354 e. The molecule has 0 aromatic heterocycles. The van der Waals surface area contributed by atoms with Crippen molar-refractivity contribution in [3.8, 4) is 0 Å². The van der Waals surface area contributed by atoms with Crippen LogP contribution in [-0.4, -0.2) is 50.5 Å². The zero-order chi connectivity index (χ0) is 24.8. The molecule has 0 aliphatic carbocycles. The van der Waals surface area contributed by atoms with Gasteiger partial charge in [0.25, 0.3) is 0 Å². The highest BCUT2D eigenvalue weighted by Gasteiger charge is 2.30. The summed E-state index contributed by atoms with van der Waals surface area (Å²) in [6, 6.07) is 9.04. The number of hydrogen-bond donors (Lipinski definition) is 1. The molecule has 0 spiro atoms. The maximum absolute atomic E-state index is 14.3. The van der Waals surface area contributed by atoms with Crippen molar-refractivity contribution in [2.45, 2.75) is 32.9 Å². The SMILES string of the molecule is CCCNC(=O)C(C)N(Cc1ccccc1F)C(=O)CN(c1cc(Cl)cc(Cl)c1)S(C)(=O)=O. The van der Waals surface area contributed by atoms with Gasteiger partial charge in [-0.05, 0) is 37.6 Å². The predicted molar refractivity (Wildman–Crippen MR) is 128 cm³/mol. The average molecular weight is 518 g/mol. The van der Waals surface area contributed by atoms with E-state index in [1.54, 1.807) is 6.07 Å². The van der Waals surface area contributed by atoms with Crippen molar-refractivity contribution >= 4 is 50.7 Å². The Hall–Kier alpha value is -2.36. The van der Waals surface area contributed by atoms with Crippen LogP contribution in [0.1, 0.15) is 25.8 Å². The second-order valence-electron chi connectivity index (χ2n) is 7.48. The van der Waals surface area contributed by atoms with Gasteiger partial charge in [-0.15, -0.1) is 0 Å². The minimum absolute atomic E-state index is 0.0947. The number of carbonyl (C=O) groups excluding carboxylic acids is 2. The summed E-state index contributed by atoms with van der Waals surface area (Å²) in [6.45, 7) is 2.94. The summed E-state index contributed by atoms with van der Waals surface area (Å²) in [5.74, 6) is -1.67. The first-order valence-corrected chi connectivity index (χ1v) is 12.8. The molecule has 0 aliphatic heterocycles. The number of hydrogen-bond acceptors (Lipinski definition) is 4. The Kier molecular flexibility index (Phi) is 9.51. The molecule has 180 valence electrons. The van der Waals surface area contributed by atoms with E-state index in [0.29, 0.717) is 13.0 Å². The fourth-order valence-corrected chi connectivity index (χ4v) is 4.43. The first-order valence-electron chi connectivity index (χ1n) is 10.2. The molecule has 1 N–H and O–H groups in total. The van der Waals surface area contributed by atoms with Crippen molar-refractivity contribution in [3.05, 3.63) is 63.9 Å². The summed E-state index contributed by atoms with van der Waals surface area (Å²) in [7, 11) is -3.93. The molecule has 33 heavy (non-hydrogen) atoms. The lowest BCUT2D eigenvalue weighted by Crippen LogP contribution is -2.51. The summed E-state index contributed by atoms with van der Waals surface area (Å²) >= 11 is 12.0. The van der Waals surface area contributed by atoms with Gasteiger partial charge in [-0.3, -0.25) is 13.9 Å². The molecule has 11 heteroatoms. The molecule has 2 amide bonds. The minimum Gasteiger partial charge on any atom is -0.354 e. The van der Waals surface area contributed by atoms with Crippen molar-refractivity contribution < 1.29 is 22.4 Å². The molecule has 1 unspecified atom stereocenters. The van der Waals surface area contributed by atoms with Gasteiger partial charge in [0.1, 0.15) is 18.4 Å². The zero-order valence-corrected chi connectivity index (χ0v) is 20.8. The molecule has 0 heterocycles. The van der Waals surface area contributed by atoms with E-state index in [1.165, 1.54) is 43.3 Å². The molecular weight excluding hydrogens is 492 g/mol. The van der Waals surface area contributed by atoms with Crippen molar-refractivity contribution in [2.24, 2.45) is 0 Å². The first-order chi connectivity index (χ1) is 15.4. The highest BCUT2D eigenvalue weighted by Crippen LogP contribution is 2.27. The van der Waals surface area contributed by atoms with E-state index in [-0.39, 0.29) is 27.8 Å². The Balaban J connectivity index is 2.42. The topological polar surface area (TPSA) is 86.8 Å². The molecule has 0 saturated heterocycles. The number of benzene rings is 2. The molecule has 2 rings (SSSR count). The summed E-state index contributed by atoms with van der Waals surface area (Å²) in [5, 5.41) is 3.08.